The van der Waals surface area contributed by atoms with Gasteiger partial charge in [0.05, 0.1) is 16.7 Å². The monoisotopic (exact) mass is 390 g/mol. The van der Waals surface area contributed by atoms with Crippen molar-refractivity contribution in [2.24, 2.45) is 12.0 Å². The van der Waals surface area contributed by atoms with Crippen LogP contribution in [0, 0.1) is 6.92 Å². The lowest BCUT2D eigenvalue weighted by atomic mass is 10.2. The van der Waals surface area contributed by atoms with Crippen LogP contribution in [0.4, 0.5) is 0 Å². The summed E-state index contributed by atoms with van der Waals surface area (Å²) in [5.41, 5.74) is 1.76. The van der Waals surface area contributed by atoms with Crippen molar-refractivity contribution in [3.8, 4) is 5.75 Å². The number of methoxy groups -OCH3 is 1. The van der Waals surface area contributed by atoms with Gasteiger partial charge in [-0.1, -0.05) is 35.1 Å². The first-order valence-corrected chi connectivity index (χ1v) is 10.3. The zero-order valence-corrected chi connectivity index (χ0v) is 16.2. The topological polar surface area (TPSA) is 77.7 Å². The second-order valence-corrected chi connectivity index (χ2v) is 8.83. The average Bonchev–Trinajstić information content (AvgIpc) is 2.90. The fourth-order valence-corrected chi connectivity index (χ4v) is 4.73. The lowest BCUT2D eigenvalue weighted by molar-refractivity contribution is -0.115. The molecule has 0 spiro atoms. The predicted molar refractivity (Wildman–Crippen MR) is 101 cm³/mol. The molecule has 0 saturated carbocycles. The average molecular weight is 390 g/mol. The van der Waals surface area contributed by atoms with E-state index < -0.39 is 21.5 Å². The standard InChI is InChI=1S/C18H18N2O4S2/c1-12-7-9-13(10-8-12)26(22,23)11-16(21)19-18-20(2)17-14(24-3)5-4-6-15(17)25-18/h4-10H,11H2,1-3H3. The van der Waals surface area contributed by atoms with Gasteiger partial charge in [-0.3, -0.25) is 4.79 Å². The first-order valence-electron chi connectivity index (χ1n) is 7.81. The quantitative estimate of drug-likeness (QED) is 0.686. The highest BCUT2D eigenvalue weighted by Gasteiger charge is 2.19. The maximum Gasteiger partial charge on any atom is 0.263 e. The minimum atomic E-state index is -3.72. The Morgan fingerprint density at radius 3 is 2.54 bits per heavy atom. The molecule has 3 aromatic rings. The molecule has 0 atom stereocenters. The molecule has 0 fully saturated rings. The number of hydrogen-bond acceptors (Lipinski definition) is 5. The largest absolute Gasteiger partial charge is 0.495 e. The number of thiazole rings is 1. The van der Waals surface area contributed by atoms with Gasteiger partial charge < -0.3 is 9.30 Å². The zero-order valence-electron chi connectivity index (χ0n) is 14.6. The molecular weight excluding hydrogens is 372 g/mol. The third-order valence-corrected chi connectivity index (χ3v) is 6.63. The number of amides is 1. The summed E-state index contributed by atoms with van der Waals surface area (Å²) in [6.45, 7) is 1.87. The molecule has 0 radical (unpaired) electrons. The van der Waals surface area contributed by atoms with Crippen LogP contribution in [-0.2, 0) is 21.7 Å². The van der Waals surface area contributed by atoms with Gasteiger partial charge >= 0.3 is 0 Å². The second kappa shape index (κ2) is 7.05. The van der Waals surface area contributed by atoms with Crippen molar-refractivity contribution in [2.75, 3.05) is 12.9 Å². The molecule has 2 aromatic carbocycles. The molecule has 1 heterocycles. The Kier molecular flexibility index (Phi) is 4.97. The Morgan fingerprint density at radius 2 is 1.88 bits per heavy atom. The van der Waals surface area contributed by atoms with E-state index in [1.807, 2.05) is 25.1 Å². The summed E-state index contributed by atoms with van der Waals surface area (Å²) in [6, 6.07) is 12.0. The van der Waals surface area contributed by atoms with E-state index in [0.717, 1.165) is 15.8 Å². The third kappa shape index (κ3) is 3.56. The second-order valence-electron chi connectivity index (χ2n) is 5.83. The van der Waals surface area contributed by atoms with Crippen molar-refractivity contribution in [1.82, 2.24) is 4.57 Å². The highest BCUT2D eigenvalue weighted by molar-refractivity contribution is 7.92. The van der Waals surface area contributed by atoms with E-state index in [2.05, 4.69) is 4.99 Å². The number of fused-ring (bicyclic) bond motifs is 1. The minimum Gasteiger partial charge on any atom is -0.495 e. The minimum absolute atomic E-state index is 0.119. The molecule has 26 heavy (non-hydrogen) atoms. The number of ether oxygens (including phenoxy) is 1. The van der Waals surface area contributed by atoms with E-state index in [0.29, 0.717) is 10.6 Å². The SMILES string of the molecule is COc1cccc2sc(=NC(=O)CS(=O)(=O)c3ccc(C)cc3)n(C)c12. The first kappa shape index (κ1) is 18.3. The molecule has 0 saturated heterocycles. The van der Waals surface area contributed by atoms with E-state index in [-0.39, 0.29) is 4.90 Å². The maximum atomic E-state index is 12.4. The Bertz CT molecular complexity index is 1140. The number of carbonyl (C=O) groups is 1. The van der Waals surface area contributed by atoms with Crippen molar-refractivity contribution in [2.45, 2.75) is 11.8 Å². The van der Waals surface area contributed by atoms with Crippen molar-refractivity contribution < 1.29 is 17.9 Å². The summed E-state index contributed by atoms with van der Waals surface area (Å²) >= 11 is 1.31. The molecule has 0 aliphatic heterocycles. The van der Waals surface area contributed by atoms with Gasteiger partial charge in [-0.15, -0.1) is 0 Å². The van der Waals surface area contributed by atoms with Crippen LogP contribution in [0.25, 0.3) is 10.2 Å². The molecule has 0 aliphatic carbocycles. The van der Waals surface area contributed by atoms with Crippen LogP contribution in [0.3, 0.4) is 0 Å². The van der Waals surface area contributed by atoms with Crippen LogP contribution in [0.5, 0.6) is 5.75 Å². The number of sulfone groups is 1. The van der Waals surface area contributed by atoms with Gasteiger partial charge in [-0.25, -0.2) is 8.42 Å². The van der Waals surface area contributed by atoms with Crippen molar-refractivity contribution in [3.63, 3.8) is 0 Å². The van der Waals surface area contributed by atoms with Crippen molar-refractivity contribution >= 4 is 37.3 Å². The smallest absolute Gasteiger partial charge is 0.263 e. The van der Waals surface area contributed by atoms with E-state index in [9.17, 15) is 13.2 Å². The summed E-state index contributed by atoms with van der Waals surface area (Å²) in [4.78, 5) is 16.8. The van der Waals surface area contributed by atoms with E-state index in [1.165, 1.54) is 23.5 Å². The lowest BCUT2D eigenvalue weighted by Gasteiger charge is -2.03. The lowest BCUT2D eigenvalue weighted by Crippen LogP contribution is -2.19. The first-order chi connectivity index (χ1) is 12.3. The van der Waals surface area contributed by atoms with Crippen LogP contribution < -0.4 is 9.54 Å². The molecule has 0 aliphatic rings. The van der Waals surface area contributed by atoms with E-state index in [1.54, 1.807) is 30.9 Å². The fraction of sp³-hybridized carbons (Fsp3) is 0.222. The number of para-hydroxylation sites is 1. The molecule has 3 rings (SSSR count). The van der Waals surface area contributed by atoms with Crippen LogP contribution in [0.15, 0.2) is 52.4 Å². The number of nitrogens with zero attached hydrogens (tertiary/aromatic N) is 2. The summed E-state index contributed by atoms with van der Waals surface area (Å²) in [5, 5.41) is 0. The summed E-state index contributed by atoms with van der Waals surface area (Å²) in [5.74, 6) is -0.698. The number of aryl methyl sites for hydroxylation is 2. The van der Waals surface area contributed by atoms with E-state index >= 15 is 0 Å². The van der Waals surface area contributed by atoms with Gasteiger partial charge in [-0.05, 0) is 31.2 Å². The molecule has 0 unspecified atom stereocenters. The van der Waals surface area contributed by atoms with Gasteiger partial charge in [-0.2, -0.15) is 4.99 Å². The van der Waals surface area contributed by atoms with Crippen molar-refractivity contribution in [1.29, 1.82) is 0 Å². The Hall–Kier alpha value is -2.45. The van der Waals surface area contributed by atoms with Crippen molar-refractivity contribution in [3.05, 3.63) is 52.8 Å². The number of aromatic nitrogens is 1. The summed E-state index contributed by atoms with van der Waals surface area (Å²) in [6.07, 6.45) is 0. The van der Waals surface area contributed by atoms with Gasteiger partial charge in [0.25, 0.3) is 5.91 Å². The van der Waals surface area contributed by atoms with Gasteiger partial charge in [0, 0.05) is 7.05 Å². The zero-order chi connectivity index (χ0) is 18.9. The molecule has 136 valence electrons. The molecule has 0 N–H and O–H groups in total. The van der Waals surface area contributed by atoms with Gasteiger partial charge in [0.1, 0.15) is 17.0 Å². The van der Waals surface area contributed by atoms with Gasteiger partial charge in [0.2, 0.25) is 0 Å². The summed E-state index contributed by atoms with van der Waals surface area (Å²) in [7, 11) is -0.387. The normalized spacial score (nSPS) is 12.5. The number of carbonyl (C=O) groups excluding carboxylic acids is 1. The van der Waals surface area contributed by atoms with Crippen LogP contribution in [0.1, 0.15) is 5.56 Å². The molecule has 1 amide bonds. The molecule has 1 aromatic heterocycles. The highest BCUT2D eigenvalue weighted by Crippen LogP contribution is 2.26. The maximum absolute atomic E-state index is 12.4. The third-order valence-electron chi connectivity index (χ3n) is 3.92. The number of rotatable bonds is 4. The molecule has 8 heteroatoms. The molecular formula is C18H18N2O4S2. The van der Waals surface area contributed by atoms with Crippen LogP contribution in [-0.4, -0.2) is 31.8 Å². The van der Waals surface area contributed by atoms with Crippen LogP contribution >= 0.6 is 11.3 Å². The van der Waals surface area contributed by atoms with Gasteiger partial charge in [0.15, 0.2) is 14.6 Å². The Balaban J connectivity index is 1.95. The molecule has 6 nitrogen and oxygen atoms in total. The summed E-state index contributed by atoms with van der Waals surface area (Å²) < 4.78 is 32.8. The van der Waals surface area contributed by atoms with E-state index in [4.69, 9.17) is 4.74 Å². The fourth-order valence-electron chi connectivity index (χ4n) is 2.57. The highest BCUT2D eigenvalue weighted by atomic mass is 32.2. The Labute approximate surface area is 155 Å². The predicted octanol–water partition coefficient (Wildman–Crippen LogP) is 2.46. The Morgan fingerprint density at radius 1 is 1.19 bits per heavy atom. The molecule has 0 bridgehead atoms. The number of benzene rings is 2. The number of hydrogen-bond donors (Lipinski definition) is 0. The van der Waals surface area contributed by atoms with Crippen LogP contribution in [0.2, 0.25) is 0 Å².